The second-order valence-corrected chi connectivity index (χ2v) is 44.4. The SMILES string of the molecule is C[Si](C)(CCC1CC2C=CC1C2)O[Si](C)(C)CCC1CC2C=CC1C2.C[Si](C)(CCC1CC2C=CC1C2)O[Si](C)(C)O[Si](C)(C)CCC1CC2C=CC1C2. The lowest BCUT2D eigenvalue weighted by molar-refractivity contribution is 0.370. The molecule has 8 heteroatoms. The van der Waals surface area contributed by atoms with Crippen LogP contribution in [-0.2, 0) is 12.3 Å². The van der Waals surface area contributed by atoms with E-state index in [2.05, 4.69) is 114 Å². The molecule has 12 unspecified atom stereocenters. The first-order chi connectivity index (χ1) is 25.3. The summed E-state index contributed by atoms with van der Waals surface area (Å²) < 4.78 is 20.7. The molecular weight excluding hydrogens is 741 g/mol. The Morgan fingerprint density at radius 1 is 0.333 bits per heavy atom. The van der Waals surface area contributed by atoms with Crippen LogP contribution in [0.25, 0.3) is 0 Å². The van der Waals surface area contributed by atoms with Gasteiger partial charge in [0.2, 0.25) is 0 Å². The van der Waals surface area contributed by atoms with Crippen molar-refractivity contribution in [3.63, 3.8) is 0 Å². The molecule has 4 saturated carbocycles. The minimum atomic E-state index is -2.07. The maximum Gasteiger partial charge on any atom is 0.311 e. The summed E-state index contributed by atoms with van der Waals surface area (Å²) in [5.41, 5.74) is 0. The van der Waals surface area contributed by atoms with Crippen LogP contribution in [-0.4, -0.2) is 41.8 Å². The fourth-order valence-corrected chi connectivity index (χ4v) is 36.4. The topological polar surface area (TPSA) is 27.7 Å². The Kier molecular flexibility index (Phi) is 12.9. The Bertz CT molecular complexity index is 1310. The van der Waals surface area contributed by atoms with Crippen molar-refractivity contribution in [1.82, 2.24) is 0 Å². The first-order valence-electron chi connectivity index (χ1n) is 23.1. The van der Waals surface area contributed by atoms with Gasteiger partial charge in [-0.1, -0.05) is 74.3 Å². The summed E-state index contributed by atoms with van der Waals surface area (Å²) in [6, 6.07) is 5.35. The zero-order chi connectivity index (χ0) is 38.5. The lowest BCUT2D eigenvalue weighted by Crippen LogP contribution is -2.52. The van der Waals surface area contributed by atoms with Gasteiger partial charge in [-0.25, -0.2) is 0 Å². The van der Waals surface area contributed by atoms with Crippen LogP contribution in [0.3, 0.4) is 0 Å². The number of allylic oxidation sites excluding steroid dienone is 8. The molecule has 8 bridgehead atoms. The highest BCUT2D eigenvalue weighted by Gasteiger charge is 2.44. The summed E-state index contributed by atoms with van der Waals surface area (Å²) in [4.78, 5) is 0. The number of hydrogen-bond acceptors (Lipinski definition) is 3. The summed E-state index contributed by atoms with van der Waals surface area (Å²) in [5, 5.41) is 0. The fourth-order valence-electron chi connectivity index (χ4n) is 13.3. The Labute approximate surface area is 338 Å². The van der Waals surface area contributed by atoms with Crippen molar-refractivity contribution >= 4 is 41.8 Å². The molecule has 8 rings (SSSR count). The van der Waals surface area contributed by atoms with E-state index < -0.39 is 41.8 Å². The van der Waals surface area contributed by atoms with Gasteiger partial charge in [0.1, 0.15) is 0 Å². The lowest BCUT2D eigenvalue weighted by Gasteiger charge is -2.39. The Morgan fingerprint density at radius 3 is 0.778 bits per heavy atom. The second-order valence-electron chi connectivity index (χ2n) is 23.1. The van der Waals surface area contributed by atoms with Crippen LogP contribution >= 0.6 is 0 Å². The smallest absolute Gasteiger partial charge is 0.311 e. The van der Waals surface area contributed by atoms with Crippen molar-refractivity contribution < 1.29 is 12.3 Å². The number of rotatable bonds is 18. The van der Waals surface area contributed by atoms with Gasteiger partial charge in [0, 0.05) is 0 Å². The van der Waals surface area contributed by atoms with E-state index in [0.717, 1.165) is 71.0 Å². The standard InChI is InChI=1S/C24H44O2Si3.C22H38OSi2/c1-27(2,13-11-23-17-19-7-9-21(23)15-19)25-29(5,6)26-28(3,4)14-12-24-18-20-8-10-22(24)16-20;1-24(2,11-9-21-15-17-5-7-19(21)13-17)23-25(3,4)12-10-22-16-18-6-8-20(22)14-18/h7-10,19-24H,11-18H2,1-6H3;5-8,17-22H,9-16H2,1-4H3. The van der Waals surface area contributed by atoms with Crippen molar-refractivity contribution in [2.45, 2.75) is 167 Å². The molecule has 54 heavy (non-hydrogen) atoms. The third-order valence-corrected chi connectivity index (χ3v) is 34.5. The highest BCUT2D eigenvalue weighted by atomic mass is 28.5. The maximum absolute atomic E-state index is 6.95. The highest BCUT2D eigenvalue weighted by molar-refractivity contribution is 6.88. The summed E-state index contributed by atoms with van der Waals surface area (Å²) in [5.74, 6) is 11.0. The molecule has 304 valence electrons. The van der Waals surface area contributed by atoms with Crippen LogP contribution < -0.4 is 0 Å². The number of hydrogen-bond donors (Lipinski definition) is 0. The summed E-state index contributed by atoms with van der Waals surface area (Å²) in [6.45, 7) is 24.3. The van der Waals surface area contributed by atoms with Gasteiger partial charge in [-0.05, 0) is 212 Å². The molecule has 0 amide bonds. The molecule has 0 aromatic carbocycles. The van der Waals surface area contributed by atoms with Gasteiger partial charge < -0.3 is 12.3 Å². The van der Waals surface area contributed by atoms with Crippen LogP contribution in [0.2, 0.25) is 89.6 Å². The van der Waals surface area contributed by atoms with Crippen LogP contribution in [0, 0.1) is 71.0 Å². The van der Waals surface area contributed by atoms with E-state index in [1.54, 1.807) is 0 Å². The van der Waals surface area contributed by atoms with E-state index >= 15 is 0 Å². The molecule has 0 N–H and O–H groups in total. The van der Waals surface area contributed by atoms with Gasteiger partial charge in [0.25, 0.3) is 0 Å². The molecule has 0 saturated heterocycles. The highest BCUT2D eigenvalue weighted by Crippen LogP contribution is 2.49. The Balaban J connectivity index is 0.000000168. The fraction of sp³-hybridized carbons (Fsp3) is 0.826. The zero-order valence-electron chi connectivity index (χ0n) is 36.6. The molecule has 8 aliphatic rings. The summed E-state index contributed by atoms with van der Waals surface area (Å²) >= 11 is 0. The first-order valence-corrected chi connectivity index (χ1v) is 38.4. The predicted molar refractivity (Wildman–Crippen MR) is 244 cm³/mol. The van der Waals surface area contributed by atoms with E-state index in [1.165, 1.54) is 101 Å². The summed E-state index contributed by atoms with van der Waals surface area (Å²) in [7, 11) is -8.41. The molecule has 0 aromatic heterocycles. The quantitative estimate of drug-likeness (QED) is 0.102. The predicted octanol–water partition coefficient (Wildman–Crippen LogP) is 14.0. The van der Waals surface area contributed by atoms with Crippen molar-refractivity contribution in [3.05, 3.63) is 48.6 Å². The molecule has 0 radical (unpaired) electrons. The van der Waals surface area contributed by atoms with E-state index in [9.17, 15) is 0 Å². The van der Waals surface area contributed by atoms with Crippen molar-refractivity contribution in [3.8, 4) is 0 Å². The second kappa shape index (κ2) is 16.5. The van der Waals surface area contributed by atoms with Crippen molar-refractivity contribution in [1.29, 1.82) is 0 Å². The van der Waals surface area contributed by atoms with Gasteiger partial charge in [-0.3, -0.25) is 0 Å². The monoisotopic (exact) mass is 823 g/mol. The Hall–Kier alpha value is -0.0756. The molecule has 3 nitrogen and oxygen atoms in total. The third kappa shape index (κ3) is 11.1. The molecule has 0 aliphatic heterocycles. The van der Waals surface area contributed by atoms with E-state index in [1.807, 2.05) is 0 Å². The average molecular weight is 824 g/mol. The Morgan fingerprint density at radius 2 is 0.574 bits per heavy atom. The van der Waals surface area contributed by atoms with Crippen LogP contribution in [0.1, 0.15) is 77.0 Å². The molecule has 0 spiro atoms. The first kappa shape index (κ1) is 42.1. The zero-order valence-corrected chi connectivity index (χ0v) is 41.6. The maximum atomic E-state index is 6.95. The van der Waals surface area contributed by atoms with E-state index in [0.29, 0.717) is 0 Å². The minimum Gasteiger partial charge on any atom is -0.455 e. The normalized spacial score (nSPS) is 37.4. The minimum absolute atomic E-state index is 0.873. The molecule has 8 aliphatic carbocycles. The van der Waals surface area contributed by atoms with Gasteiger partial charge in [0.05, 0.1) is 0 Å². The van der Waals surface area contributed by atoms with Gasteiger partial charge >= 0.3 is 8.56 Å². The van der Waals surface area contributed by atoms with Crippen LogP contribution in [0.15, 0.2) is 48.6 Å². The average Bonchev–Trinajstić information content (AvgIpc) is 3.94. The molecular formula is C46H82O3Si5. The third-order valence-electron chi connectivity index (χ3n) is 15.7. The van der Waals surface area contributed by atoms with E-state index in [4.69, 9.17) is 12.3 Å². The van der Waals surface area contributed by atoms with Gasteiger partial charge in [0.15, 0.2) is 33.3 Å². The lowest BCUT2D eigenvalue weighted by atomic mass is 9.91. The molecule has 12 atom stereocenters. The van der Waals surface area contributed by atoms with E-state index in [-0.39, 0.29) is 0 Å². The van der Waals surface area contributed by atoms with Crippen molar-refractivity contribution in [2.24, 2.45) is 71.0 Å². The summed E-state index contributed by atoms with van der Waals surface area (Å²) in [6.07, 6.45) is 37.0. The molecule has 0 aromatic rings. The van der Waals surface area contributed by atoms with Crippen molar-refractivity contribution in [2.75, 3.05) is 0 Å². The number of fused-ring (bicyclic) bond motifs is 8. The van der Waals surface area contributed by atoms with Gasteiger partial charge in [-0.15, -0.1) is 0 Å². The van der Waals surface area contributed by atoms with Crippen LogP contribution in [0.5, 0.6) is 0 Å². The largest absolute Gasteiger partial charge is 0.455 e. The van der Waals surface area contributed by atoms with Gasteiger partial charge in [-0.2, -0.15) is 0 Å². The molecule has 0 heterocycles. The van der Waals surface area contributed by atoms with Crippen LogP contribution in [0.4, 0.5) is 0 Å². The molecule has 4 fully saturated rings.